The first kappa shape index (κ1) is 13.1. The molecule has 0 radical (unpaired) electrons. The van der Waals surface area contributed by atoms with Crippen molar-refractivity contribution in [2.24, 2.45) is 5.92 Å². The number of hydrogen-bond donors (Lipinski definition) is 0. The second kappa shape index (κ2) is 6.04. The fourth-order valence-electron chi connectivity index (χ4n) is 3.11. The van der Waals surface area contributed by atoms with Crippen LogP contribution in [0.25, 0.3) is 0 Å². The Morgan fingerprint density at radius 3 is 2.37 bits per heavy atom. The Balaban J connectivity index is 1.76. The lowest BCUT2D eigenvalue weighted by Gasteiger charge is -2.23. The summed E-state index contributed by atoms with van der Waals surface area (Å²) in [5.74, 6) is 2.30. The Bertz CT molecular complexity index is 425. The van der Waals surface area contributed by atoms with E-state index in [0.29, 0.717) is 19.1 Å². The van der Waals surface area contributed by atoms with E-state index in [0.717, 1.165) is 11.5 Å². The van der Waals surface area contributed by atoms with Gasteiger partial charge < -0.3 is 9.47 Å². The molecule has 104 valence electrons. The number of halogens is 1. The van der Waals surface area contributed by atoms with Gasteiger partial charge in [-0.2, -0.15) is 0 Å². The molecule has 0 N–H and O–H groups in total. The van der Waals surface area contributed by atoms with Crippen molar-refractivity contribution >= 4 is 11.6 Å². The third kappa shape index (κ3) is 3.00. The molecule has 2 aliphatic rings. The maximum atomic E-state index is 6.70. The Kier molecular flexibility index (Phi) is 4.17. The zero-order valence-corrected chi connectivity index (χ0v) is 12.0. The van der Waals surface area contributed by atoms with Gasteiger partial charge in [0.05, 0.1) is 5.38 Å². The van der Waals surface area contributed by atoms with Crippen molar-refractivity contribution in [1.82, 2.24) is 0 Å². The molecule has 2 nitrogen and oxygen atoms in total. The lowest BCUT2D eigenvalue weighted by Crippen LogP contribution is -2.16. The van der Waals surface area contributed by atoms with E-state index in [4.69, 9.17) is 21.1 Å². The maximum Gasteiger partial charge on any atom is 0.161 e. The summed E-state index contributed by atoms with van der Waals surface area (Å²) in [5, 5.41) is 0.105. The second-order valence-electron chi connectivity index (χ2n) is 5.56. The highest BCUT2D eigenvalue weighted by molar-refractivity contribution is 6.21. The number of rotatable bonds is 2. The molecule has 0 bridgehead atoms. The molecule has 0 aromatic heterocycles. The minimum absolute atomic E-state index is 0.105. The molecule has 0 saturated heterocycles. The number of alkyl halides is 1. The van der Waals surface area contributed by atoms with Crippen LogP contribution in [0.4, 0.5) is 0 Å². The van der Waals surface area contributed by atoms with E-state index in [9.17, 15) is 0 Å². The molecule has 3 rings (SSSR count). The van der Waals surface area contributed by atoms with Crippen LogP contribution in [0.1, 0.15) is 49.5 Å². The molecule has 1 aromatic carbocycles. The topological polar surface area (TPSA) is 18.5 Å². The van der Waals surface area contributed by atoms with Gasteiger partial charge in [-0.05, 0) is 36.5 Å². The normalized spacial score (nSPS) is 21.7. The molecular weight excluding hydrogens is 260 g/mol. The van der Waals surface area contributed by atoms with Crippen molar-refractivity contribution in [2.45, 2.75) is 43.9 Å². The van der Waals surface area contributed by atoms with Crippen LogP contribution in [-0.4, -0.2) is 13.2 Å². The summed E-state index contributed by atoms with van der Waals surface area (Å²) in [6.45, 7) is 1.27. The van der Waals surface area contributed by atoms with E-state index in [1.165, 1.54) is 44.1 Å². The first-order valence-electron chi connectivity index (χ1n) is 7.38. The molecule has 1 aliphatic heterocycles. The van der Waals surface area contributed by atoms with Gasteiger partial charge in [-0.3, -0.25) is 0 Å². The van der Waals surface area contributed by atoms with E-state index in [-0.39, 0.29) is 5.38 Å². The molecule has 1 fully saturated rings. The molecule has 1 saturated carbocycles. The van der Waals surface area contributed by atoms with E-state index in [1.54, 1.807) is 0 Å². The fourth-order valence-corrected chi connectivity index (χ4v) is 3.49. The molecule has 0 spiro atoms. The van der Waals surface area contributed by atoms with Crippen molar-refractivity contribution in [3.8, 4) is 11.5 Å². The summed E-state index contributed by atoms with van der Waals surface area (Å²) in [6.07, 6.45) is 7.87. The first-order chi connectivity index (χ1) is 9.34. The second-order valence-corrected chi connectivity index (χ2v) is 6.03. The van der Waals surface area contributed by atoms with Crippen molar-refractivity contribution in [3.05, 3.63) is 23.8 Å². The van der Waals surface area contributed by atoms with Crippen LogP contribution in [0, 0.1) is 5.92 Å². The van der Waals surface area contributed by atoms with E-state index >= 15 is 0 Å². The fraction of sp³-hybridized carbons (Fsp3) is 0.625. The smallest absolute Gasteiger partial charge is 0.161 e. The zero-order valence-electron chi connectivity index (χ0n) is 11.2. The SMILES string of the molecule is ClC(c1ccc2c(c1)OCCO2)C1CCCCCC1. The summed E-state index contributed by atoms with van der Waals surface area (Å²) in [5.41, 5.74) is 1.18. The lowest BCUT2D eigenvalue weighted by atomic mass is 9.92. The van der Waals surface area contributed by atoms with E-state index < -0.39 is 0 Å². The van der Waals surface area contributed by atoms with Crippen LogP contribution in [0.3, 0.4) is 0 Å². The van der Waals surface area contributed by atoms with Crippen molar-refractivity contribution in [1.29, 1.82) is 0 Å². The van der Waals surface area contributed by atoms with Gasteiger partial charge in [0, 0.05) is 0 Å². The minimum Gasteiger partial charge on any atom is -0.486 e. The minimum atomic E-state index is 0.105. The molecule has 1 unspecified atom stereocenters. The molecule has 19 heavy (non-hydrogen) atoms. The van der Waals surface area contributed by atoms with Crippen molar-refractivity contribution < 1.29 is 9.47 Å². The Morgan fingerprint density at radius 2 is 1.63 bits per heavy atom. The van der Waals surface area contributed by atoms with Gasteiger partial charge in [-0.1, -0.05) is 31.7 Å². The molecule has 1 heterocycles. The third-order valence-electron chi connectivity index (χ3n) is 4.20. The molecule has 1 aromatic rings. The van der Waals surface area contributed by atoms with Crippen molar-refractivity contribution in [3.63, 3.8) is 0 Å². The first-order valence-corrected chi connectivity index (χ1v) is 7.82. The van der Waals surface area contributed by atoms with Gasteiger partial charge in [0.1, 0.15) is 13.2 Å². The standard InChI is InChI=1S/C16H21ClO2/c17-16(12-5-3-1-2-4-6-12)13-7-8-14-15(11-13)19-10-9-18-14/h7-8,11-12,16H,1-6,9-10H2. The Labute approximate surface area is 120 Å². The zero-order chi connectivity index (χ0) is 13.1. The monoisotopic (exact) mass is 280 g/mol. The Hall–Kier alpha value is -0.890. The quantitative estimate of drug-likeness (QED) is 0.577. The molecule has 3 heteroatoms. The molecular formula is C16H21ClO2. The molecule has 1 atom stereocenters. The Morgan fingerprint density at radius 1 is 0.947 bits per heavy atom. The number of hydrogen-bond acceptors (Lipinski definition) is 2. The van der Waals surface area contributed by atoms with Crippen LogP contribution < -0.4 is 9.47 Å². The van der Waals surface area contributed by atoms with Crippen LogP contribution >= 0.6 is 11.6 Å². The van der Waals surface area contributed by atoms with E-state index in [2.05, 4.69) is 12.1 Å². The number of fused-ring (bicyclic) bond motifs is 1. The van der Waals surface area contributed by atoms with Gasteiger partial charge in [0.15, 0.2) is 11.5 Å². The summed E-state index contributed by atoms with van der Waals surface area (Å²) >= 11 is 6.70. The number of benzene rings is 1. The summed E-state index contributed by atoms with van der Waals surface area (Å²) in [7, 11) is 0. The third-order valence-corrected chi connectivity index (χ3v) is 4.81. The highest BCUT2D eigenvalue weighted by Gasteiger charge is 2.24. The van der Waals surface area contributed by atoms with Crippen molar-refractivity contribution in [2.75, 3.05) is 13.2 Å². The average molecular weight is 281 g/mol. The molecule has 0 amide bonds. The highest BCUT2D eigenvalue weighted by Crippen LogP contribution is 2.41. The summed E-state index contributed by atoms with van der Waals surface area (Å²) in [4.78, 5) is 0. The predicted octanol–water partition coefficient (Wildman–Crippen LogP) is 4.71. The van der Waals surface area contributed by atoms with Gasteiger partial charge in [0.25, 0.3) is 0 Å². The van der Waals surface area contributed by atoms with Gasteiger partial charge >= 0.3 is 0 Å². The lowest BCUT2D eigenvalue weighted by molar-refractivity contribution is 0.171. The summed E-state index contributed by atoms with van der Waals surface area (Å²) < 4.78 is 11.2. The largest absolute Gasteiger partial charge is 0.486 e. The van der Waals surface area contributed by atoms with Gasteiger partial charge in [-0.25, -0.2) is 0 Å². The maximum absolute atomic E-state index is 6.70. The summed E-state index contributed by atoms with van der Waals surface area (Å²) in [6, 6.07) is 6.16. The predicted molar refractivity (Wildman–Crippen MR) is 77.2 cm³/mol. The number of ether oxygens (including phenoxy) is 2. The van der Waals surface area contributed by atoms with Gasteiger partial charge in [0.2, 0.25) is 0 Å². The molecule has 1 aliphatic carbocycles. The van der Waals surface area contributed by atoms with Gasteiger partial charge in [-0.15, -0.1) is 11.6 Å². The van der Waals surface area contributed by atoms with Crippen LogP contribution in [-0.2, 0) is 0 Å². The van der Waals surface area contributed by atoms with Crippen LogP contribution in [0.15, 0.2) is 18.2 Å². The van der Waals surface area contributed by atoms with Crippen LogP contribution in [0.2, 0.25) is 0 Å². The average Bonchev–Trinajstić information content (AvgIpc) is 2.75. The highest BCUT2D eigenvalue weighted by atomic mass is 35.5. The van der Waals surface area contributed by atoms with Crippen LogP contribution in [0.5, 0.6) is 11.5 Å². The van der Waals surface area contributed by atoms with E-state index in [1.807, 2.05) is 6.07 Å².